The highest BCUT2D eigenvalue weighted by molar-refractivity contribution is 6.33. The Kier molecular flexibility index (Phi) is 5.58. The number of halogens is 1. The summed E-state index contributed by atoms with van der Waals surface area (Å²) < 4.78 is 1.67. The fraction of sp³-hybridized carbons (Fsp3) is 0.0476. The predicted octanol–water partition coefficient (Wildman–Crippen LogP) is 5.01. The number of anilines is 4. The van der Waals surface area contributed by atoms with Crippen LogP contribution in [0.3, 0.4) is 0 Å². The minimum Gasteiger partial charge on any atom is -0.340 e. The first-order chi connectivity index (χ1) is 14.6. The maximum atomic E-state index is 12.2. The van der Waals surface area contributed by atoms with Gasteiger partial charge in [0, 0.05) is 29.8 Å². The van der Waals surface area contributed by atoms with Crippen molar-refractivity contribution in [3.8, 4) is 5.82 Å². The van der Waals surface area contributed by atoms with Gasteiger partial charge in [0.05, 0.1) is 10.7 Å². The number of rotatable bonds is 5. The Bertz CT molecular complexity index is 1160. The Labute approximate surface area is 177 Å². The largest absolute Gasteiger partial charge is 0.340 e. The molecule has 0 radical (unpaired) electrons. The lowest BCUT2D eigenvalue weighted by Crippen LogP contribution is -2.19. The van der Waals surface area contributed by atoms with E-state index in [1.165, 1.54) is 0 Å². The Hall–Kier alpha value is -3.91. The highest BCUT2D eigenvalue weighted by Crippen LogP contribution is 2.22. The number of benzene rings is 2. The summed E-state index contributed by atoms with van der Waals surface area (Å²) in [7, 11) is 0. The smallest absolute Gasteiger partial charge is 0.323 e. The van der Waals surface area contributed by atoms with Crippen molar-refractivity contribution in [1.82, 2.24) is 19.7 Å². The second-order valence-corrected chi connectivity index (χ2v) is 6.78. The quantitative estimate of drug-likeness (QED) is 0.422. The van der Waals surface area contributed by atoms with E-state index in [1.807, 2.05) is 37.4 Å². The van der Waals surface area contributed by atoms with Crippen LogP contribution in [-0.4, -0.2) is 25.8 Å². The van der Waals surface area contributed by atoms with Crippen molar-refractivity contribution in [3.63, 3.8) is 0 Å². The molecule has 4 aromatic rings. The molecular formula is C21H18ClN7O. The van der Waals surface area contributed by atoms with Gasteiger partial charge < -0.3 is 16.0 Å². The number of aromatic nitrogens is 4. The molecule has 0 aliphatic heterocycles. The predicted molar refractivity (Wildman–Crippen MR) is 118 cm³/mol. The van der Waals surface area contributed by atoms with Crippen LogP contribution in [-0.2, 0) is 0 Å². The molecule has 9 heteroatoms. The molecule has 0 bridgehead atoms. The van der Waals surface area contributed by atoms with Crippen molar-refractivity contribution < 1.29 is 4.79 Å². The Morgan fingerprint density at radius 3 is 2.47 bits per heavy atom. The summed E-state index contributed by atoms with van der Waals surface area (Å²) in [4.78, 5) is 21.0. The Morgan fingerprint density at radius 1 is 0.967 bits per heavy atom. The van der Waals surface area contributed by atoms with E-state index in [-0.39, 0.29) is 6.03 Å². The van der Waals surface area contributed by atoms with Crippen molar-refractivity contribution in [1.29, 1.82) is 0 Å². The summed E-state index contributed by atoms with van der Waals surface area (Å²) in [6, 6.07) is 17.6. The minimum atomic E-state index is -0.376. The molecule has 2 amide bonds. The monoisotopic (exact) mass is 419 g/mol. The summed E-state index contributed by atoms with van der Waals surface area (Å²) in [5.41, 5.74) is 2.00. The van der Waals surface area contributed by atoms with E-state index in [2.05, 4.69) is 31.0 Å². The molecule has 30 heavy (non-hydrogen) atoms. The van der Waals surface area contributed by atoms with Crippen LogP contribution < -0.4 is 16.0 Å². The summed E-state index contributed by atoms with van der Waals surface area (Å²) in [6.07, 6.45) is 3.51. The fourth-order valence-corrected chi connectivity index (χ4v) is 2.95. The van der Waals surface area contributed by atoms with Gasteiger partial charge in [0.2, 0.25) is 0 Å². The average Bonchev–Trinajstić information content (AvgIpc) is 3.26. The molecule has 150 valence electrons. The van der Waals surface area contributed by atoms with E-state index >= 15 is 0 Å². The number of carbonyl (C=O) groups is 1. The van der Waals surface area contributed by atoms with Crippen molar-refractivity contribution in [2.45, 2.75) is 6.92 Å². The summed E-state index contributed by atoms with van der Waals surface area (Å²) in [6.45, 7) is 1.82. The van der Waals surface area contributed by atoms with E-state index in [0.717, 1.165) is 5.69 Å². The normalized spacial score (nSPS) is 10.5. The standard InChI is InChI=1S/C21H18ClN7O/c1-14-24-19(13-20(25-14)29-12-4-11-23-29)26-15-7-9-16(10-8-15)27-21(30)28-18-6-3-2-5-17(18)22/h2-13H,1H3,(H,24,25,26)(H2,27,28,30). The van der Waals surface area contributed by atoms with Crippen LogP contribution >= 0.6 is 11.6 Å². The molecular weight excluding hydrogens is 402 g/mol. The molecule has 2 aromatic carbocycles. The topological polar surface area (TPSA) is 96.8 Å². The number of hydrogen-bond donors (Lipinski definition) is 3. The summed E-state index contributed by atoms with van der Waals surface area (Å²) >= 11 is 6.06. The number of carbonyl (C=O) groups excluding carboxylic acids is 1. The molecule has 0 atom stereocenters. The Balaban J connectivity index is 1.42. The number of amides is 2. The lowest BCUT2D eigenvalue weighted by Gasteiger charge is -2.11. The number of hydrogen-bond acceptors (Lipinski definition) is 5. The molecule has 3 N–H and O–H groups in total. The van der Waals surface area contributed by atoms with Crippen LogP contribution in [0.15, 0.2) is 73.1 Å². The van der Waals surface area contributed by atoms with Gasteiger partial charge in [-0.1, -0.05) is 23.7 Å². The van der Waals surface area contributed by atoms with Gasteiger partial charge in [-0.3, -0.25) is 0 Å². The fourth-order valence-electron chi connectivity index (χ4n) is 2.77. The maximum absolute atomic E-state index is 12.2. The van der Waals surface area contributed by atoms with Crippen molar-refractivity contribution in [3.05, 3.63) is 83.9 Å². The van der Waals surface area contributed by atoms with E-state index < -0.39 is 0 Å². The SMILES string of the molecule is Cc1nc(Nc2ccc(NC(=O)Nc3ccccc3Cl)cc2)cc(-n2cccn2)n1. The van der Waals surface area contributed by atoms with Crippen LogP contribution in [0.1, 0.15) is 5.82 Å². The number of urea groups is 1. The van der Waals surface area contributed by atoms with Gasteiger partial charge in [0.15, 0.2) is 5.82 Å². The maximum Gasteiger partial charge on any atom is 0.323 e. The van der Waals surface area contributed by atoms with Crippen molar-refractivity contribution in [2.24, 2.45) is 0 Å². The van der Waals surface area contributed by atoms with E-state index in [1.54, 1.807) is 47.3 Å². The third-order valence-electron chi connectivity index (χ3n) is 4.10. The van der Waals surface area contributed by atoms with Gasteiger partial charge >= 0.3 is 6.03 Å². The number of nitrogens with zero attached hydrogens (tertiary/aromatic N) is 4. The van der Waals surface area contributed by atoms with E-state index in [9.17, 15) is 4.79 Å². The van der Waals surface area contributed by atoms with Gasteiger partial charge in [-0.15, -0.1) is 0 Å². The highest BCUT2D eigenvalue weighted by Gasteiger charge is 2.07. The molecule has 2 heterocycles. The number of nitrogens with one attached hydrogen (secondary N) is 3. The van der Waals surface area contributed by atoms with E-state index in [4.69, 9.17) is 11.6 Å². The second kappa shape index (κ2) is 8.62. The molecule has 0 aliphatic carbocycles. The van der Waals surface area contributed by atoms with Crippen LogP contribution in [0.4, 0.5) is 27.7 Å². The van der Waals surface area contributed by atoms with Gasteiger partial charge in [-0.05, 0) is 49.4 Å². The van der Waals surface area contributed by atoms with Gasteiger partial charge in [-0.25, -0.2) is 19.4 Å². The van der Waals surface area contributed by atoms with Crippen LogP contribution in [0, 0.1) is 6.92 Å². The third-order valence-corrected chi connectivity index (χ3v) is 4.43. The molecule has 0 spiro atoms. The average molecular weight is 420 g/mol. The zero-order chi connectivity index (χ0) is 20.9. The summed E-state index contributed by atoms with van der Waals surface area (Å²) in [5, 5.41) is 13.4. The van der Waals surface area contributed by atoms with Crippen LogP contribution in [0.25, 0.3) is 5.82 Å². The molecule has 8 nitrogen and oxygen atoms in total. The molecule has 0 fully saturated rings. The molecule has 4 rings (SSSR count). The van der Waals surface area contributed by atoms with E-state index in [0.29, 0.717) is 33.9 Å². The lowest BCUT2D eigenvalue weighted by molar-refractivity contribution is 0.262. The Morgan fingerprint density at radius 2 is 1.73 bits per heavy atom. The number of aryl methyl sites for hydroxylation is 1. The molecule has 0 unspecified atom stereocenters. The zero-order valence-corrected chi connectivity index (χ0v) is 16.8. The van der Waals surface area contributed by atoms with Gasteiger partial charge in [-0.2, -0.15) is 5.10 Å². The molecule has 0 saturated carbocycles. The first kappa shape index (κ1) is 19.4. The molecule has 2 aromatic heterocycles. The second-order valence-electron chi connectivity index (χ2n) is 6.37. The minimum absolute atomic E-state index is 0.376. The molecule has 0 aliphatic rings. The van der Waals surface area contributed by atoms with Crippen LogP contribution in [0.2, 0.25) is 5.02 Å². The van der Waals surface area contributed by atoms with Crippen molar-refractivity contribution >= 4 is 40.5 Å². The number of para-hydroxylation sites is 1. The van der Waals surface area contributed by atoms with Gasteiger partial charge in [0.25, 0.3) is 0 Å². The molecule has 0 saturated heterocycles. The first-order valence-corrected chi connectivity index (χ1v) is 9.50. The summed E-state index contributed by atoms with van der Waals surface area (Å²) in [5.74, 6) is 1.94. The lowest BCUT2D eigenvalue weighted by atomic mass is 10.2. The van der Waals surface area contributed by atoms with Crippen LogP contribution in [0.5, 0.6) is 0 Å². The first-order valence-electron chi connectivity index (χ1n) is 9.12. The highest BCUT2D eigenvalue weighted by atomic mass is 35.5. The zero-order valence-electron chi connectivity index (χ0n) is 16.0. The third kappa shape index (κ3) is 4.73. The van der Waals surface area contributed by atoms with Crippen molar-refractivity contribution in [2.75, 3.05) is 16.0 Å². The van der Waals surface area contributed by atoms with Gasteiger partial charge in [0.1, 0.15) is 11.6 Å².